The molecular formula is C28H36N4O4S2. The largest absolute Gasteiger partial charge is 0.482 e. The molecule has 0 spiro atoms. The summed E-state index contributed by atoms with van der Waals surface area (Å²) >= 11 is 2.83. The number of amides is 1. The first-order chi connectivity index (χ1) is 18.3. The number of hydrogen-bond acceptors (Lipinski definition) is 8. The van der Waals surface area contributed by atoms with E-state index >= 15 is 0 Å². The summed E-state index contributed by atoms with van der Waals surface area (Å²) in [4.78, 5) is 27.0. The third-order valence-corrected chi connectivity index (χ3v) is 8.72. The number of nitrogens with one attached hydrogen (secondary N) is 1. The maximum absolute atomic E-state index is 13.0. The molecule has 1 aliphatic rings. The van der Waals surface area contributed by atoms with Crippen molar-refractivity contribution < 1.29 is 19.1 Å². The molecule has 0 saturated heterocycles. The molecule has 0 bridgehead atoms. The summed E-state index contributed by atoms with van der Waals surface area (Å²) in [5.41, 5.74) is 3.83. The van der Waals surface area contributed by atoms with Crippen LogP contribution in [0.15, 0.2) is 23.4 Å². The van der Waals surface area contributed by atoms with Crippen LogP contribution in [0, 0.1) is 13.8 Å². The van der Waals surface area contributed by atoms with Crippen LogP contribution in [0.4, 0.5) is 5.00 Å². The molecule has 10 heteroatoms. The number of aromatic nitrogens is 3. The van der Waals surface area contributed by atoms with E-state index in [0.717, 1.165) is 49.0 Å². The third-order valence-electron chi connectivity index (χ3n) is 6.55. The molecule has 0 saturated carbocycles. The van der Waals surface area contributed by atoms with Gasteiger partial charge in [-0.15, -0.1) is 21.5 Å². The Morgan fingerprint density at radius 3 is 2.68 bits per heavy atom. The normalized spacial score (nSPS) is 13.9. The van der Waals surface area contributed by atoms with Gasteiger partial charge in [-0.3, -0.25) is 4.79 Å². The Bertz CT molecular complexity index is 1300. The van der Waals surface area contributed by atoms with Crippen LogP contribution in [0.3, 0.4) is 0 Å². The maximum Gasteiger partial charge on any atom is 0.341 e. The number of fused-ring (bicyclic) bond motifs is 1. The number of esters is 1. The molecule has 1 aromatic carbocycles. The Kier molecular flexibility index (Phi) is 9.49. The summed E-state index contributed by atoms with van der Waals surface area (Å²) in [7, 11) is 0. The molecule has 2 heterocycles. The van der Waals surface area contributed by atoms with Crippen molar-refractivity contribution in [2.24, 2.45) is 0 Å². The summed E-state index contributed by atoms with van der Waals surface area (Å²) in [5, 5.41) is 13.0. The van der Waals surface area contributed by atoms with E-state index < -0.39 is 0 Å². The quantitative estimate of drug-likeness (QED) is 0.178. The highest BCUT2D eigenvalue weighted by Crippen LogP contribution is 2.38. The van der Waals surface area contributed by atoms with Gasteiger partial charge in [0.2, 0.25) is 5.91 Å². The molecule has 1 amide bonds. The van der Waals surface area contributed by atoms with Gasteiger partial charge in [0.1, 0.15) is 10.8 Å². The molecule has 0 fully saturated rings. The van der Waals surface area contributed by atoms with Gasteiger partial charge in [-0.05, 0) is 77.5 Å². The number of hydrogen-bond donors (Lipinski definition) is 1. The molecule has 1 N–H and O–H groups in total. The molecule has 0 radical (unpaired) electrons. The zero-order chi connectivity index (χ0) is 27.2. The van der Waals surface area contributed by atoms with Crippen LogP contribution >= 0.6 is 23.1 Å². The van der Waals surface area contributed by atoms with Crippen molar-refractivity contribution in [1.82, 2.24) is 14.8 Å². The predicted molar refractivity (Wildman–Crippen MR) is 152 cm³/mol. The van der Waals surface area contributed by atoms with Crippen LogP contribution in [-0.2, 0) is 28.9 Å². The van der Waals surface area contributed by atoms with Crippen LogP contribution < -0.4 is 10.1 Å². The van der Waals surface area contributed by atoms with Crippen molar-refractivity contribution in [2.45, 2.75) is 84.5 Å². The van der Waals surface area contributed by atoms with Crippen LogP contribution in [0.5, 0.6) is 5.75 Å². The van der Waals surface area contributed by atoms with Gasteiger partial charge in [0.15, 0.2) is 17.1 Å². The lowest BCUT2D eigenvalue weighted by molar-refractivity contribution is -0.113. The summed E-state index contributed by atoms with van der Waals surface area (Å²) in [6.07, 6.45) is 4.76. The van der Waals surface area contributed by atoms with Crippen LogP contribution in [0.1, 0.15) is 83.9 Å². The Balaban J connectivity index is 1.44. The van der Waals surface area contributed by atoms with Gasteiger partial charge in [0, 0.05) is 11.4 Å². The maximum atomic E-state index is 13.0. The predicted octanol–water partition coefficient (Wildman–Crippen LogP) is 6.29. The van der Waals surface area contributed by atoms with E-state index in [1.807, 2.05) is 37.5 Å². The van der Waals surface area contributed by atoms with Crippen molar-refractivity contribution >= 4 is 40.0 Å². The summed E-state index contributed by atoms with van der Waals surface area (Å²) in [6.45, 7) is 10.8. The van der Waals surface area contributed by atoms with Crippen molar-refractivity contribution in [3.05, 3.63) is 51.2 Å². The molecule has 4 rings (SSSR count). The van der Waals surface area contributed by atoms with Crippen LogP contribution in [-0.4, -0.2) is 39.0 Å². The van der Waals surface area contributed by atoms with Crippen molar-refractivity contribution in [2.75, 3.05) is 17.7 Å². The Hall–Kier alpha value is -2.85. The Morgan fingerprint density at radius 1 is 1.16 bits per heavy atom. The fourth-order valence-electron chi connectivity index (χ4n) is 4.72. The lowest BCUT2D eigenvalue weighted by atomic mass is 10.1. The minimum Gasteiger partial charge on any atom is -0.482 e. The Morgan fingerprint density at radius 2 is 1.95 bits per heavy atom. The average Bonchev–Trinajstić information content (AvgIpc) is 3.37. The lowest BCUT2D eigenvalue weighted by Gasteiger charge is -2.17. The molecule has 1 atom stereocenters. The summed E-state index contributed by atoms with van der Waals surface area (Å²) in [5.74, 6) is 1.12. The SMILES string of the molecule is CCOC(=O)c1c(NC(=O)CSc2nnc(C(C)Oc3ccc(C)cc3C)n2CC)sc2c1CCCCC2. The number of thiophene rings is 1. The van der Waals surface area contributed by atoms with Crippen molar-refractivity contribution in [3.63, 3.8) is 0 Å². The van der Waals surface area contributed by atoms with E-state index in [4.69, 9.17) is 9.47 Å². The zero-order valence-electron chi connectivity index (χ0n) is 22.8. The molecule has 1 unspecified atom stereocenters. The molecule has 1 aliphatic carbocycles. The highest BCUT2D eigenvalue weighted by atomic mass is 32.2. The number of aryl methyl sites for hydroxylation is 3. The first-order valence-corrected chi connectivity index (χ1v) is 15.0. The van der Waals surface area contributed by atoms with E-state index in [9.17, 15) is 9.59 Å². The second-order valence-electron chi connectivity index (χ2n) is 9.44. The average molecular weight is 557 g/mol. The fourth-order valence-corrected chi connectivity index (χ4v) is 6.83. The van der Waals surface area contributed by atoms with E-state index in [2.05, 4.69) is 28.5 Å². The molecule has 2 aromatic heterocycles. The molecule has 8 nitrogen and oxygen atoms in total. The number of carbonyl (C=O) groups excluding carboxylic acids is 2. The van der Waals surface area contributed by atoms with E-state index in [1.54, 1.807) is 6.92 Å². The van der Waals surface area contributed by atoms with Gasteiger partial charge >= 0.3 is 5.97 Å². The highest BCUT2D eigenvalue weighted by Gasteiger charge is 2.27. The monoisotopic (exact) mass is 556 g/mol. The third kappa shape index (κ3) is 6.40. The molecular weight excluding hydrogens is 520 g/mol. The van der Waals surface area contributed by atoms with Gasteiger partial charge in [-0.1, -0.05) is 35.9 Å². The number of anilines is 1. The van der Waals surface area contributed by atoms with Crippen LogP contribution in [0.2, 0.25) is 0 Å². The van der Waals surface area contributed by atoms with Crippen molar-refractivity contribution in [1.29, 1.82) is 0 Å². The first-order valence-electron chi connectivity index (χ1n) is 13.2. The second kappa shape index (κ2) is 12.8. The lowest BCUT2D eigenvalue weighted by Crippen LogP contribution is -2.17. The number of ether oxygens (including phenoxy) is 2. The summed E-state index contributed by atoms with van der Waals surface area (Å²) < 4.78 is 13.5. The number of benzene rings is 1. The fraction of sp³-hybridized carbons (Fsp3) is 0.500. The number of nitrogens with zero attached hydrogens (tertiary/aromatic N) is 3. The van der Waals surface area contributed by atoms with Gasteiger partial charge in [-0.25, -0.2) is 4.79 Å². The zero-order valence-corrected chi connectivity index (χ0v) is 24.4. The summed E-state index contributed by atoms with van der Waals surface area (Å²) in [6, 6.07) is 6.09. The van der Waals surface area contributed by atoms with Gasteiger partial charge in [0.05, 0.1) is 17.9 Å². The first kappa shape index (κ1) is 28.2. The molecule has 204 valence electrons. The van der Waals surface area contributed by atoms with E-state index in [-0.39, 0.29) is 23.7 Å². The number of thioether (sulfide) groups is 1. The van der Waals surface area contributed by atoms with E-state index in [1.165, 1.54) is 33.5 Å². The highest BCUT2D eigenvalue weighted by molar-refractivity contribution is 7.99. The smallest absolute Gasteiger partial charge is 0.341 e. The van der Waals surface area contributed by atoms with Gasteiger partial charge in [-0.2, -0.15) is 0 Å². The van der Waals surface area contributed by atoms with Gasteiger partial charge < -0.3 is 19.4 Å². The minimum atomic E-state index is -0.358. The second-order valence-corrected chi connectivity index (χ2v) is 11.5. The molecule has 38 heavy (non-hydrogen) atoms. The molecule has 0 aliphatic heterocycles. The minimum absolute atomic E-state index is 0.148. The van der Waals surface area contributed by atoms with Crippen molar-refractivity contribution in [3.8, 4) is 5.75 Å². The number of rotatable bonds is 10. The standard InChI is InChI=1S/C28H36N4O4S2/c1-6-32-25(19(5)36-21-14-13-17(3)15-18(21)4)30-31-28(32)37-16-23(33)29-26-24(27(34)35-7-2)20-11-9-8-10-12-22(20)38-26/h13-15,19H,6-12,16H2,1-5H3,(H,29,33). The van der Waals surface area contributed by atoms with Gasteiger partial charge in [0.25, 0.3) is 0 Å². The van der Waals surface area contributed by atoms with Crippen LogP contribution in [0.25, 0.3) is 0 Å². The molecule has 3 aromatic rings. The number of carbonyl (C=O) groups is 2. The van der Waals surface area contributed by atoms with E-state index in [0.29, 0.717) is 34.7 Å². The topological polar surface area (TPSA) is 95.3 Å². The Labute approximate surface area is 232 Å².